The predicted molar refractivity (Wildman–Crippen MR) is 41.2 cm³/mol. The number of rotatable bonds is 0. The van der Waals surface area contributed by atoms with Gasteiger partial charge < -0.3 is 4.74 Å². The quantitative estimate of drug-likeness (QED) is 0.487. The Balaban J connectivity index is 2.13. The molecule has 0 unspecified atom stereocenters. The molecule has 0 radical (unpaired) electrons. The number of carbonyl (C=O) groups is 1. The molecule has 2 heteroatoms. The number of carbonyl (C=O) groups excluding carboxylic acids is 1. The first-order valence-corrected chi connectivity index (χ1v) is 4.13. The summed E-state index contributed by atoms with van der Waals surface area (Å²) in [5.41, 5.74) is 0. The molecular weight excluding hydrogens is 140 g/mol. The molecule has 2 aliphatic rings. The second-order valence-corrected chi connectivity index (χ2v) is 3.29. The highest BCUT2D eigenvalue weighted by Crippen LogP contribution is 2.29. The van der Waals surface area contributed by atoms with E-state index in [4.69, 9.17) is 4.74 Å². The van der Waals surface area contributed by atoms with E-state index in [2.05, 4.69) is 12.2 Å². The number of Topliss-reactive ketones (excluding diaryl/α,β-unsaturated/α-hetero) is 1. The Morgan fingerprint density at radius 2 is 2.18 bits per heavy atom. The summed E-state index contributed by atoms with van der Waals surface area (Å²) >= 11 is 0. The molecule has 1 heterocycles. The van der Waals surface area contributed by atoms with Gasteiger partial charge in [0.15, 0.2) is 5.78 Å². The molecule has 11 heavy (non-hydrogen) atoms. The number of allylic oxidation sites excluding steroid dienone is 2. The zero-order chi connectivity index (χ0) is 7.68. The fraction of sp³-hybridized carbons (Fsp3) is 0.667. The van der Waals surface area contributed by atoms with Gasteiger partial charge in [0.05, 0.1) is 6.61 Å². The van der Waals surface area contributed by atoms with Gasteiger partial charge in [-0.25, -0.2) is 0 Å². The molecule has 0 bridgehead atoms. The zero-order valence-electron chi connectivity index (χ0n) is 6.45. The largest absolute Gasteiger partial charge is 0.373 e. The molecule has 0 aromatic heterocycles. The van der Waals surface area contributed by atoms with Crippen LogP contribution >= 0.6 is 0 Å². The monoisotopic (exact) mass is 152 g/mol. The summed E-state index contributed by atoms with van der Waals surface area (Å²) in [4.78, 5) is 11.3. The van der Waals surface area contributed by atoms with Gasteiger partial charge in [0, 0.05) is 5.92 Å². The van der Waals surface area contributed by atoms with Crippen molar-refractivity contribution < 1.29 is 9.53 Å². The van der Waals surface area contributed by atoms with Crippen LogP contribution < -0.4 is 0 Å². The van der Waals surface area contributed by atoms with Gasteiger partial charge in [0.25, 0.3) is 0 Å². The number of hydrogen-bond acceptors (Lipinski definition) is 2. The number of fused-ring (bicyclic) bond motifs is 1. The summed E-state index contributed by atoms with van der Waals surface area (Å²) in [5, 5.41) is 0. The van der Waals surface area contributed by atoms with Crippen LogP contribution in [0.2, 0.25) is 0 Å². The SMILES string of the molecule is O=C1COC[C@@H]2CC=CC[C@H]12. The second kappa shape index (κ2) is 2.78. The van der Waals surface area contributed by atoms with Crippen LogP contribution in [0.1, 0.15) is 12.8 Å². The van der Waals surface area contributed by atoms with Gasteiger partial charge in [0.2, 0.25) is 0 Å². The van der Waals surface area contributed by atoms with Crippen molar-refractivity contribution in [2.75, 3.05) is 13.2 Å². The van der Waals surface area contributed by atoms with Crippen molar-refractivity contribution in [1.82, 2.24) is 0 Å². The fourth-order valence-corrected chi connectivity index (χ4v) is 1.87. The molecule has 0 aromatic rings. The lowest BCUT2D eigenvalue weighted by atomic mass is 9.80. The molecule has 2 nitrogen and oxygen atoms in total. The van der Waals surface area contributed by atoms with E-state index in [9.17, 15) is 4.79 Å². The van der Waals surface area contributed by atoms with Crippen LogP contribution in [0, 0.1) is 11.8 Å². The molecule has 1 saturated heterocycles. The summed E-state index contributed by atoms with van der Waals surface area (Å²) < 4.78 is 5.17. The lowest BCUT2D eigenvalue weighted by Crippen LogP contribution is -2.36. The summed E-state index contributed by atoms with van der Waals surface area (Å²) in [6, 6.07) is 0. The number of ether oxygens (including phenoxy) is 1. The van der Waals surface area contributed by atoms with Gasteiger partial charge in [0.1, 0.15) is 6.61 Å². The highest BCUT2D eigenvalue weighted by Gasteiger charge is 2.32. The van der Waals surface area contributed by atoms with E-state index in [1.807, 2.05) is 0 Å². The molecule has 0 amide bonds. The van der Waals surface area contributed by atoms with Crippen LogP contribution in [0.4, 0.5) is 0 Å². The van der Waals surface area contributed by atoms with Crippen molar-refractivity contribution in [2.24, 2.45) is 11.8 Å². The summed E-state index contributed by atoms with van der Waals surface area (Å²) in [6.45, 7) is 1.12. The van der Waals surface area contributed by atoms with Crippen molar-refractivity contribution in [3.8, 4) is 0 Å². The third kappa shape index (κ3) is 1.23. The average molecular weight is 152 g/mol. The van der Waals surface area contributed by atoms with Crippen molar-refractivity contribution in [2.45, 2.75) is 12.8 Å². The number of ketones is 1. The van der Waals surface area contributed by atoms with Gasteiger partial charge in [-0.2, -0.15) is 0 Å². The average Bonchev–Trinajstić information content (AvgIpc) is 2.06. The van der Waals surface area contributed by atoms with Crippen molar-refractivity contribution in [1.29, 1.82) is 0 Å². The number of hydrogen-bond donors (Lipinski definition) is 0. The Bertz CT molecular complexity index is 196. The molecule has 2 atom stereocenters. The minimum atomic E-state index is 0.272. The predicted octanol–water partition coefficient (Wildman–Crippen LogP) is 1.17. The second-order valence-electron chi connectivity index (χ2n) is 3.29. The Labute approximate surface area is 66.2 Å². The first kappa shape index (κ1) is 7.04. The van der Waals surface area contributed by atoms with E-state index < -0.39 is 0 Å². The molecule has 0 N–H and O–H groups in total. The summed E-state index contributed by atoms with van der Waals surface area (Å²) in [7, 11) is 0. The fourth-order valence-electron chi connectivity index (χ4n) is 1.87. The minimum absolute atomic E-state index is 0.272. The van der Waals surface area contributed by atoms with Gasteiger partial charge in [-0.3, -0.25) is 4.79 Å². The van der Waals surface area contributed by atoms with Crippen LogP contribution in [0.3, 0.4) is 0 Å². The molecule has 0 aromatic carbocycles. The van der Waals surface area contributed by atoms with Gasteiger partial charge >= 0.3 is 0 Å². The van der Waals surface area contributed by atoms with E-state index in [0.29, 0.717) is 18.3 Å². The molecular formula is C9H12O2. The molecule has 2 rings (SSSR count). The zero-order valence-corrected chi connectivity index (χ0v) is 6.45. The molecule has 1 aliphatic heterocycles. The van der Waals surface area contributed by atoms with Crippen LogP contribution in [0.5, 0.6) is 0 Å². The summed E-state index contributed by atoms with van der Waals surface area (Å²) in [6.07, 6.45) is 6.23. The first-order valence-electron chi connectivity index (χ1n) is 4.13. The van der Waals surface area contributed by atoms with Crippen LogP contribution in [0.15, 0.2) is 12.2 Å². The Morgan fingerprint density at radius 3 is 3.00 bits per heavy atom. The molecule has 1 aliphatic carbocycles. The van der Waals surface area contributed by atoms with Gasteiger partial charge in [-0.15, -0.1) is 0 Å². The van der Waals surface area contributed by atoms with Crippen molar-refractivity contribution >= 4 is 5.78 Å². The normalized spacial score (nSPS) is 36.9. The standard InChI is InChI=1S/C9H12O2/c10-9-6-11-5-7-3-1-2-4-8(7)9/h1-2,7-8H,3-6H2/t7-,8-/m0/s1. The first-order chi connectivity index (χ1) is 5.38. The smallest absolute Gasteiger partial charge is 0.162 e. The van der Waals surface area contributed by atoms with E-state index in [1.54, 1.807) is 0 Å². The van der Waals surface area contributed by atoms with E-state index in [1.165, 1.54) is 0 Å². The topological polar surface area (TPSA) is 26.3 Å². The Morgan fingerprint density at radius 1 is 1.36 bits per heavy atom. The summed E-state index contributed by atoms with van der Waals surface area (Å²) in [5.74, 6) is 1.04. The van der Waals surface area contributed by atoms with E-state index in [0.717, 1.165) is 19.4 Å². The third-order valence-corrected chi connectivity index (χ3v) is 2.55. The van der Waals surface area contributed by atoms with Crippen LogP contribution in [-0.2, 0) is 9.53 Å². The van der Waals surface area contributed by atoms with Gasteiger partial charge in [-0.1, -0.05) is 12.2 Å². The Kier molecular flexibility index (Phi) is 1.78. The lowest BCUT2D eigenvalue weighted by molar-refractivity contribution is -0.136. The van der Waals surface area contributed by atoms with Crippen LogP contribution in [-0.4, -0.2) is 19.0 Å². The molecule has 0 spiro atoms. The lowest BCUT2D eigenvalue weighted by Gasteiger charge is -2.31. The third-order valence-electron chi connectivity index (χ3n) is 2.55. The van der Waals surface area contributed by atoms with E-state index in [-0.39, 0.29) is 5.92 Å². The maximum Gasteiger partial charge on any atom is 0.162 e. The van der Waals surface area contributed by atoms with Crippen molar-refractivity contribution in [3.05, 3.63) is 12.2 Å². The maximum absolute atomic E-state index is 11.3. The van der Waals surface area contributed by atoms with E-state index >= 15 is 0 Å². The molecule has 1 fully saturated rings. The molecule has 60 valence electrons. The highest BCUT2D eigenvalue weighted by molar-refractivity contribution is 5.83. The highest BCUT2D eigenvalue weighted by atomic mass is 16.5. The maximum atomic E-state index is 11.3. The minimum Gasteiger partial charge on any atom is -0.373 e. The van der Waals surface area contributed by atoms with Crippen molar-refractivity contribution in [3.63, 3.8) is 0 Å². The van der Waals surface area contributed by atoms with Crippen LogP contribution in [0.25, 0.3) is 0 Å². The molecule has 0 saturated carbocycles. The van der Waals surface area contributed by atoms with Gasteiger partial charge in [-0.05, 0) is 18.8 Å². The Hall–Kier alpha value is -0.630.